The van der Waals surface area contributed by atoms with Gasteiger partial charge in [0.25, 0.3) is 63.6 Å². The van der Waals surface area contributed by atoms with Crippen LogP contribution in [0.15, 0.2) is 132 Å². The molecule has 32 nitrogen and oxygen atoms in total. The van der Waals surface area contributed by atoms with E-state index in [2.05, 4.69) is 20.6 Å². The highest BCUT2D eigenvalue weighted by Gasteiger charge is 2.34. The van der Waals surface area contributed by atoms with Crippen molar-refractivity contribution in [1.29, 1.82) is 0 Å². The van der Waals surface area contributed by atoms with Gasteiger partial charge in [-0.2, -0.15) is 0 Å². The highest BCUT2D eigenvalue weighted by Crippen LogP contribution is 2.42. The molecule has 8 aromatic heterocycles. The van der Waals surface area contributed by atoms with E-state index in [0.29, 0.717) is 50.9 Å². The quantitative estimate of drug-likeness (QED) is 0.0408. The third kappa shape index (κ3) is 18.1. The number of benzene rings is 4. The number of hydrogen-bond acceptors (Lipinski definition) is 32. The van der Waals surface area contributed by atoms with E-state index in [1.165, 1.54) is 53.6 Å². The Hall–Kier alpha value is -10.2. The molecule has 12 heterocycles. The molecule has 4 N–H and O–H groups in total. The lowest BCUT2D eigenvalue weighted by Crippen LogP contribution is -2.16. The van der Waals surface area contributed by atoms with Gasteiger partial charge in [0, 0.05) is 61.1 Å². The van der Waals surface area contributed by atoms with Gasteiger partial charge in [0.2, 0.25) is 27.1 Å². The second kappa shape index (κ2) is 34.1. The molecule has 0 spiro atoms. The summed E-state index contributed by atoms with van der Waals surface area (Å²) >= 11 is 26.1. The van der Waals surface area contributed by atoms with Crippen molar-refractivity contribution in [2.45, 2.75) is 100 Å². The van der Waals surface area contributed by atoms with Crippen molar-refractivity contribution in [2.75, 3.05) is 46.0 Å². The standard InChI is InChI=1S/4C18H15ClN2O6S2/c4*1-9-5-13-14(26-8-25-13)7-11(9)6-12(22)17-15(3-4-28-17)29(23,24)21-18-16(19)10(2)20-27-18/h4*3-5,7,21H,6,8H2,1-2H3/i1D3,2D3,6D2,8D;2D3,6D2,8D2;2D3,6D2,8D;1D3,2D3,6D2. The van der Waals surface area contributed by atoms with Gasteiger partial charge in [-0.25, -0.2) is 52.6 Å². The number of aryl methyl sites for hydroxylation is 8. The number of carbonyl (C=O) groups excluding carboxylic acids is 4. The molecule has 2 atom stereocenters. The molecular weight excluding hydrogens is 1760 g/mol. The minimum Gasteiger partial charge on any atom is -0.454 e. The molecule has 4 aromatic carbocycles. The van der Waals surface area contributed by atoms with Crippen LogP contribution in [0.4, 0.5) is 23.5 Å². The van der Waals surface area contributed by atoms with E-state index in [0.717, 1.165) is 54.6 Å². The summed E-state index contributed by atoms with van der Waals surface area (Å²) in [6, 6.07) is 13.2. The number of halogens is 4. The van der Waals surface area contributed by atoms with Crippen LogP contribution in [-0.2, 0) is 65.6 Å². The molecule has 4 aliphatic rings. The van der Waals surface area contributed by atoms with Crippen LogP contribution in [-0.4, -0.2) is 105 Å². The zero-order valence-electron chi connectivity index (χ0n) is 87.0. The van der Waals surface area contributed by atoms with Gasteiger partial charge in [0.1, 0.15) is 67.9 Å². The summed E-state index contributed by atoms with van der Waals surface area (Å²) in [6.07, 6.45) is -11.5. The average molecular weight is 1850 g/mol. The number of Topliss-reactive ketones (excluding diaryl/α,β-unsaturated/α-hetero) is 4. The van der Waals surface area contributed by atoms with E-state index in [4.69, 9.17) is 144 Å². The third-order valence-electron chi connectivity index (χ3n) is 15.1. The van der Waals surface area contributed by atoms with Crippen LogP contribution in [0, 0.1) is 55.0 Å². The number of carbonyl (C=O) groups is 4. The van der Waals surface area contributed by atoms with E-state index >= 15 is 0 Å². The molecule has 0 fully saturated rings. The van der Waals surface area contributed by atoms with E-state index in [1.54, 1.807) is 0 Å². The zero-order valence-corrected chi connectivity index (χ0v) is 66.5. The number of sulfonamides is 4. The molecule has 4 aliphatic heterocycles. The van der Waals surface area contributed by atoms with Gasteiger partial charge in [-0.1, -0.05) is 67.0 Å². The lowest BCUT2D eigenvalue weighted by atomic mass is 10.0. The van der Waals surface area contributed by atoms with Crippen LogP contribution < -0.4 is 56.8 Å². The number of ketones is 4. The second-order valence-electron chi connectivity index (χ2n) is 22.7. The number of aromatic nitrogens is 4. The smallest absolute Gasteiger partial charge is 0.265 e. The number of anilines is 4. The summed E-state index contributed by atoms with van der Waals surface area (Å²) in [7, 11) is -18.6. The molecule has 608 valence electrons. The molecule has 0 radical (unpaired) electrons. The maximum Gasteiger partial charge on any atom is 0.265 e. The van der Waals surface area contributed by atoms with Gasteiger partial charge in [-0.15, -0.1) is 45.3 Å². The summed E-state index contributed by atoms with van der Waals surface area (Å²) in [5, 5.41) is 15.6. The number of thiophene rings is 4. The molecule has 0 saturated heterocycles. The van der Waals surface area contributed by atoms with Gasteiger partial charge in [-0.05, 0) is 194 Å². The fourth-order valence-corrected chi connectivity index (χ4v) is 19.7. The van der Waals surface area contributed by atoms with Gasteiger partial charge < -0.3 is 56.0 Å². The van der Waals surface area contributed by atoms with Crippen LogP contribution in [0.2, 0.25) is 20.1 Å². The van der Waals surface area contributed by atoms with Crippen LogP contribution in [0.1, 0.15) is 147 Å². The fourth-order valence-electron chi connectivity index (χ4n) is 9.69. The van der Waals surface area contributed by atoms with Crippen molar-refractivity contribution in [2.24, 2.45) is 0 Å². The number of ether oxygens (including phenoxy) is 8. The predicted octanol–water partition coefficient (Wildman–Crippen LogP) is 15.8. The molecule has 12 aromatic rings. The lowest BCUT2D eigenvalue weighted by molar-refractivity contribution is 0.0985. The van der Waals surface area contributed by atoms with Crippen molar-refractivity contribution in [3.63, 3.8) is 0 Å². The Labute approximate surface area is 738 Å². The minimum atomic E-state index is -4.71. The Morgan fingerprint density at radius 1 is 0.379 bits per heavy atom. The molecule has 16 rings (SSSR count). The predicted molar refractivity (Wildman–Crippen MR) is 427 cm³/mol. The highest BCUT2D eigenvalue weighted by atomic mass is 35.5. The first-order chi connectivity index (χ1) is 66.8. The number of nitrogens with one attached hydrogen (secondary N) is 4. The van der Waals surface area contributed by atoms with Crippen molar-refractivity contribution in [3.8, 4) is 46.0 Å². The third-order valence-corrected chi connectivity index (χ3v) is 26.2. The van der Waals surface area contributed by atoms with Crippen LogP contribution in [0.5, 0.6) is 46.0 Å². The molecular formula is C72H60Cl4N8O24S8. The highest BCUT2D eigenvalue weighted by molar-refractivity contribution is 7.94. The van der Waals surface area contributed by atoms with E-state index in [1.807, 2.05) is 18.9 Å². The topological polar surface area (TPSA) is 431 Å². The van der Waals surface area contributed by atoms with Gasteiger partial charge in [0.15, 0.2) is 69.1 Å². The molecule has 0 aliphatic carbocycles. The zero-order chi connectivity index (χ0) is 109. The number of nitrogens with zero attached hydrogens (tertiary/aromatic N) is 4. The monoisotopic (exact) mass is 1850 g/mol. The molecule has 44 heteroatoms. The summed E-state index contributed by atoms with van der Waals surface area (Å²) < 4.78 is 405. The van der Waals surface area contributed by atoms with E-state index in [9.17, 15) is 52.8 Å². The molecule has 116 heavy (non-hydrogen) atoms. The average Bonchev–Trinajstić information content (AvgIpc) is 1.54. The van der Waals surface area contributed by atoms with Crippen LogP contribution >= 0.6 is 91.8 Å². The number of hydrogen-bond donors (Lipinski definition) is 4. The first kappa shape index (κ1) is 53.2. The van der Waals surface area contributed by atoms with Crippen molar-refractivity contribution < 1.29 is 150 Å². The van der Waals surface area contributed by atoms with Gasteiger partial charge in [0.05, 0.1) is 19.5 Å². The molecule has 0 saturated carbocycles. The number of rotatable bonds is 24. The van der Waals surface area contributed by atoms with Gasteiger partial charge in [-0.3, -0.25) is 19.2 Å². The van der Waals surface area contributed by atoms with E-state index in [-0.39, 0.29) is 69.5 Å². The Bertz CT molecular complexity index is 7730. The summed E-state index contributed by atoms with van der Waals surface area (Å²) in [4.78, 5) is 48.7. The van der Waals surface area contributed by atoms with Crippen molar-refractivity contribution >= 4 is 179 Å². The fraction of sp³-hybridized carbons (Fsp3) is 0.222. The summed E-state index contributed by atoms with van der Waals surface area (Å²) in [5.41, 5.74) is -4.72. The molecule has 0 amide bonds. The first-order valence-electron chi connectivity index (χ1n) is 46.1. The Morgan fingerprint density at radius 3 is 0.897 bits per heavy atom. The maximum absolute atomic E-state index is 13.4. The SMILES string of the molecule is [2H]C([2H])([2H])c1cc2c(cc1C([2H])([2H])C(=O)c1sccc1S(=O)(=O)Nc1onc(C([2H])([2H])[2H])c1Cl)OCO2.[2H]C1([2H])Oc2cc(C)c(C([2H])([2H])C(=O)c3sccc3S(=O)(=O)Nc3onc(C([2H])([2H])[2H])c3Cl)cc2O1.[2H]C1Oc2cc(C([2H])([2H])[2H])c(C([2H])([2H])C(=O)c3sccc3S(=O)(=O)Nc3onc(C([2H])([2H])[2H])c3Cl)cc2O1.[2H]C1Oc2cc(C)c(C([2H])([2H])C(=O)c3sccc3S(=O)(=O)Nc3onc(C([2H])([2H])[2H])c3Cl)cc2O1. The maximum atomic E-state index is 13.4. The van der Waals surface area contributed by atoms with Gasteiger partial charge >= 0.3 is 0 Å². The second-order valence-corrected chi connectivity index (χ2v) is 34.4. The molecule has 0 bridgehead atoms. The lowest BCUT2D eigenvalue weighted by Gasteiger charge is -2.09. The van der Waals surface area contributed by atoms with Crippen LogP contribution in [0.3, 0.4) is 0 Å². The Morgan fingerprint density at radius 2 is 0.621 bits per heavy atom. The summed E-state index contributed by atoms with van der Waals surface area (Å²) in [5.74, 6) is -7.93. The summed E-state index contributed by atoms with van der Waals surface area (Å²) in [6.45, 7) is -19.5. The van der Waals surface area contributed by atoms with Crippen LogP contribution in [0.25, 0.3) is 0 Å². The minimum absolute atomic E-state index is 0.0189. The Kier molecular flexibility index (Phi) is 15.6. The van der Waals surface area contributed by atoms with E-state index < -0.39 is 278 Å². The Balaban J connectivity index is 0.000000163. The molecule has 2 unspecified atom stereocenters. The largest absolute Gasteiger partial charge is 0.454 e. The first-order valence-corrected chi connectivity index (χ1v) is 41.9. The normalized spacial score (nSPS) is 19.6. The number of fused-ring (bicyclic) bond motifs is 4. The van der Waals surface area contributed by atoms with Crippen molar-refractivity contribution in [3.05, 3.63) is 201 Å². The van der Waals surface area contributed by atoms with Crippen molar-refractivity contribution in [1.82, 2.24) is 20.6 Å².